The molecule has 1 atom stereocenters. The molecule has 1 N–H and O–H groups in total. The molecule has 2 aromatic heterocycles. The third kappa shape index (κ3) is 3.33. The maximum absolute atomic E-state index is 12.6. The maximum Gasteiger partial charge on any atom is 0.280 e. The Labute approximate surface area is 161 Å². The van der Waals surface area contributed by atoms with Gasteiger partial charge in [-0.05, 0) is 43.4 Å². The van der Waals surface area contributed by atoms with Gasteiger partial charge in [0.2, 0.25) is 5.88 Å². The summed E-state index contributed by atoms with van der Waals surface area (Å²) in [5.74, 6) is 2.12. The fourth-order valence-corrected chi connectivity index (χ4v) is 3.36. The van der Waals surface area contributed by atoms with Crippen molar-refractivity contribution in [2.75, 3.05) is 19.5 Å². The van der Waals surface area contributed by atoms with Crippen LogP contribution in [0.3, 0.4) is 0 Å². The molecule has 28 heavy (non-hydrogen) atoms. The lowest BCUT2D eigenvalue weighted by atomic mass is 9.89. The van der Waals surface area contributed by atoms with Gasteiger partial charge in [0.1, 0.15) is 0 Å². The van der Waals surface area contributed by atoms with E-state index >= 15 is 0 Å². The predicted molar refractivity (Wildman–Crippen MR) is 101 cm³/mol. The largest absolute Gasteiger partial charge is 0.493 e. The molecule has 0 spiro atoms. The highest BCUT2D eigenvalue weighted by atomic mass is 16.5. The average molecular weight is 383 g/mol. The molecule has 1 aliphatic carbocycles. The number of ether oxygens (including phenoxy) is 2. The first-order chi connectivity index (χ1) is 13.6. The summed E-state index contributed by atoms with van der Waals surface area (Å²) in [5, 5.41) is 10.7. The summed E-state index contributed by atoms with van der Waals surface area (Å²) >= 11 is 0. The summed E-state index contributed by atoms with van der Waals surface area (Å²) in [6.07, 6.45) is 2.78. The minimum absolute atomic E-state index is 0.152. The molecule has 0 fully saturated rings. The van der Waals surface area contributed by atoms with E-state index in [0.717, 1.165) is 36.1 Å². The van der Waals surface area contributed by atoms with Gasteiger partial charge < -0.3 is 18.5 Å². The number of aryl methyl sites for hydroxylation is 1. The van der Waals surface area contributed by atoms with Crippen molar-refractivity contribution in [2.45, 2.75) is 26.2 Å². The molecule has 0 saturated heterocycles. The van der Waals surface area contributed by atoms with Gasteiger partial charge in [0, 0.05) is 17.2 Å². The van der Waals surface area contributed by atoms with Crippen molar-refractivity contribution >= 4 is 11.8 Å². The highest BCUT2D eigenvalue weighted by molar-refractivity contribution is 6.03. The Hall–Kier alpha value is -3.29. The Kier molecular flexibility index (Phi) is 4.77. The summed E-state index contributed by atoms with van der Waals surface area (Å²) in [6, 6.07) is 6.90. The van der Waals surface area contributed by atoms with Crippen LogP contribution in [-0.4, -0.2) is 30.4 Å². The second-order valence-electron chi connectivity index (χ2n) is 6.89. The number of carbonyl (C=O) groups is 1. The molecule has 1 aromatic carbocycles. The lowest BCUT2D eigenvalue weighted by Gasteiger charge is -2.16. The summed E-state index contributed by atoms with van der Waals surface area (Å²) in [5.41, 5.74) is 2.75. The van der Waals surface area contributed by atoms with Crippen LogP contribution >= 0.6 is 0 Å². The minimum atomic E-state index is -0.410. The first kappa shape index (κ1) is 18.1. The van der Waals surface area contributed by atoms with E-state index in [1.807, 2.05) is 0 Å². The zero-order valence-electron chi connectivity index (χ0n) is 15.9. The fraction of sp³-hybridized carbons (Fsp3) is 0.350. The molecule has 8 nitrogen and oxygen atoms in total. The molecule has 0 bridgehead atoms. The molecule has 1 amide bonds. The number of rotatable bonds is 5. The minimum Gasteiger partial charge on any atom is -0.493 e. The van der Waals surface area contributed by atoms with Crippen LogP contribution in [0, 0.1) is 5.92 Å². The monoisotopic (exact) mass is 383 g/mol. The van der Waals surface area contributed by atoms with Gasteiger partial charge in [-0.3, -0.25) is 10.1 Å². The fourth-order valence-electron chi connectivity index (χ4n) is 3.36. The molecule has 2 heterocycles. The number of fused-ring (bicyclic) bond motifs is 1. The number of hydrogen-bond donors (Lipinski definition) is 1. The second-order valence-corrected chi connectivity index (χ2v) is 6.89. The number of anilines is 1. The number of amides is 1. The summed E-state index contributed by atoms with van der Waals surface area (Å²) in [6.45, 7) is 2.18. The third-order valence-corrected chi connectivity index (χ3v) is 4.93. The molecule has 146 valence electrons. The molecule has 1 aliphatic rings. The van der Waals surface area contributed by atoms with E-state index in [0.29, 0.717) is 29.1 Å². The summed E-state index contributed by atoms with van der Waals surface area (Å²) in [7, 11) is 3.12. The molecule has 0 unspecified atom stereocenters. The van der Waals surface area contributed by atoms with Gasteiger partial charge in [-0.25, -0.2) is 0 Å². The van der Waals surface area contributed by atoms with Gasteiger partial charge in [0.25, 0.3) is 5.91 Å². The zero-order valence-corrected chi connectivity index (χ0v) is 15.9. The van der Waals surface area contributed by atoms with Crippen LogP contribution in [0.1, 0.15) is 35.1 Å². The van der Waals surface area contributed by atoms with Crippen LogP contribution in [-0.2, 0) is 12.8 Å². The van der Waals surface area contributed by atoms with Crippen LogP contribution in [0.15, 0.2) is 33.3 Å². The van der Waals surface area contributed by atoms with Crippen LogP contribution < -0.4 is 14.8 Å². The first-order valence-electron chi connectivity index (χ1n) is 9.07. The molecular formula is C20H21N3O5. The lowest BCUT2D eigenvalue weighted by Crippen LogP contribution is -2.16. The number of nitrogens with zero attached hydrogens (tertiary/aromatic N) is 2. The van der Waals surface area contributed by atoms with E-state index in [4.69, 9.17) is 18.5 Å². The van der Waals surface area contributed by atoms with E-state index < -0.39 is 5.91 Å². The van der Waals surface area contributed by atoms with Crippen molar-refractivity contribution in [1.29, 1.82) is 0 Å². The smallest absolute Gasteiger partial charge is 0.280 e. The van der Waals surface area contributed by atoms with Gasteiger partial charge in [-0.1, -0.05) is 17.2 Å². The lowest BCUT2D eigenvalue weighted by molar-refractivity contribution is 0.101. The Balaban J connectivity index is 1.53. The van der Waals surface area contributed by atoms with E-state index in [1.165, 1.54) is 0 Å². The predicted octanol–water partition coefficient (Wildman–Crippen LogP) is 3.72. The van der Waals surface area contributed by atoms with Crippen LogP contribution in [0.2, 0.25) is 0 Å². The molecule has 0 aliphatic heterocycles. The van der Waals surface area contributed by atoms with Gasteiger partial charge in [-0.2, -0.15) is 0 Å². The van der Waals surface area contributed by atoms with Gasteiger partial charge in [0.05, 0.1) is 19.9 Å². The molecule has 0 saturated carbocycles. The summed E-state index contributed by atoms with van der Waals surface area (Å²) in [4.78, 5) is 12.6. The van der Waals surface area contributed by atoms with E-state index in [2.05, 4.69) is 22.6 Å². The quantitative estimate of drug-likeness (QED) is 0.716. The van der Waals surface area contributed by atoms with Crippen molar-refractivity contribution in [1.82, 2.24) is 10.3 Å². The van der Waals surface area contributed by atoms with Gasteiger partial charge in [-0.15, -0.1) is 0 Å². The van der Waals surface area contributed by atoms with Crippen molar-refractivity contribution in [2.24, 2.45) is 5.92 Å². The standard InChI is InChI=1S/C20H21N3O5/c1-11-4-6-14-13(8-11)20(28-22-14)21-19(24)15-10-17(27-23-15)12-5-7-16(25-2)18(9-12)26-3/h5,7,9-11H,4,6,8H2,1-3H3,(H,21,24)/t11-/m1/s1. The van der Waals surface area contributed by atoms with Gasteiger partial charge in [0.15, 0.2) is 23.0 Å². The Morgan fingerprint density at radius 3 is 2.75 bits per heavy atom. The molecular weight excluding hydrogens is 362 g/mol. The number of aromatic nitrogens is 2. The maximum atomic E-state index is 12.6. The van der Waals surface area contributed by atoms with E-state index in [9.17, 15) is 4.79 Å². The molecule has 4 rings (SSSR count). The number of hydrogen-bond acceptors (Lipinski definition) is 7. The van der Waals surface area contributed by atoms with Crippen molar-refractivity contribution in [3.05, 3.63) is 41.2 Å². The van der Waals surface area contributed by atoms with Crippen LogP contribution in [0.4, 0.5) is 5.88 Å². The number of nitrogens with one attached hydrogen (secondary N) is 1. The highest BCUT2D eigenvalue weighted by Crippen LogP contribution is 2.33. The molecule has 8 heteroatoms. The average Bonchev–Trinajstić information content (AvgIpc) is 3.35. The van der Waals surface area contributed by atoms with Gasteiger partial charge >= 0.3 is 0 Å². The normalized spacial score (nSPS) is 15.8. The third-order valence-electron chi connectivity index (χ3n) is 4.93. The van der Waals surface area contributed by atoms with Crippen molar-refractivity contribution < 1.29 is 23.3 Å². The zero-order chi connectivity index (χ0) is 19.7. The SMILES string of the molecule is COc1ccc(-c2cc(C(=O)Nc3onc4c3C[C@H](C)CC4)no2)cc1OC. The molecule has 3 aromatic rings. The topological polar surface area (TPSA) is 99.6 Å². The Morgan fingerprint density at radius 2 is 1.96 bits per heavy atom. The first-order valence-corrected chi connectivity index (χ1v) is 9.07. The number of carbonyl (C=O) groups excluding carboxylic acids is 1. The second kappa shape index (κ2) is 7.38. The van der Waals surface area contributed by atoms with Crippen molar-refractivity contribution in [3.8, 4) is 22.8 Å². The van der Waals surface area contributed by atoms with Crippen LogP contribution in [0.5, 0.6) is 11.5 Å². The molecule has 0 radical (unpaired) electrons. The van der Waals surface area contributed by atoms with Crippen molar-refractivity contribution in [3.63, 3.8) is 0 Å². The number of methoxy groups -OCH3 is 2. The van der Waals surface area contributed by atoms with Crippen LogP contribution in [0.25, 0.3) is 11.3 Å². The number of benzene rings is 1. The highest BCUT2D eigenvalue weighted by Gasteiger charge is 2.25. The Bertz CT molecular complexity index is 1010. The van der Waals surface area contributed by atoms with E-state index in [-0.39, 0.29) is 5.69 Å². The Morgan fingerprint density at radius 1 is 1.14 bits per heavy atom. The summed E-state index contributed by atoms with van der Waals surface area (Å²) < 4.78 is 21.2. The van der Waals surface area contributed by atoms with E-state index in [1.54, 1.807) is 38.5 Å².